The second kappa shape index (κ2) is 5.53. The number of hydrogen-bond donors (Lipinski definition) is 1. The first-order chi connectivity index (χ1) is 10.9. The lowest BCUT2D eigenvalue weighted by Gasteiger charge is -2.07. The van der Waals surface area contributed by atoms with Gasteiger partial charge in [0.05, 0.1) is 12.2 Å². The lowest BCUT2D eigenvalue weighted by molar-refractivity contribution is 0.103. The van der Waals surface area contributed by atoms with Crippen LogP contribution in [0.25, 0.3) is 11.1 Å². The maximum atomic E-state index is 12.8. The van der Waals surface area contributed by atoms with E-state index >= 15 is 0 Å². The Morgan fingerprint density at radius 3 is 2.70 bits per heavy atom. The van der Waals surface area contributed by atoms with Crippen LogP contribution in [-0.2, 0) is 6.42 Å². The van der Waals surface area contributed by atoms with Crippen molar-refractivity contribution in [2.24, 2.45) is 0 Å². The van der Waals surface area contributed by atoms with Gasteiger partial charge in [0.1, 0.15) is 11.1 Å². The Kier molecular flexibility index (Phi) is 3.67. The molecule has 0 bridgehead atoms. The van der Waals surface area contributed by atoms with Crippen LogP contribution in [0.4, 0.5) is 0 Å². The Balaban J connectivity index is 2.09. The molecule has 0 saturated carbocycles. The highest BCUT2D eigenvalue weighted by atomic mass is 16.3. The Hall–Kier alpha value is -2.63. The van der Waals surface area contributed by atoms with Crippen molar-refractivity contribution in [3.05, 3.63) is 40.9 Å². The average molecular weight is 313 g/mol. The highest BCUT2D eigenvalue weighted by molar-refractivity contribution is 6.12. The predicted molar refractivity (Wildman–Crippen MR) is 85.8 cm³/mol. The molecule has 0 unspecified atom stereocenters. The van der Waals surface area contributed by atoms with Gasteiger partial charge in [0.25, 0.3) is 0 Å². The third-order valence-corrected chi connectivity index (χ3v) is 3.91. The summed E-state index contributed by atoms with van der Waals surface area (Å²) >= 11 is 0. The van der Waals surface area contributed by atoms with E-state index in [0.717, 1.165) is 5.56 Å². The van der Waals surface area contributed by atoms with Gasteiger partial charge in [-0.15, -0.1) is 0 Å². The van der Waals surface area contributed by atoms with E-state index in [4.69, 9.17) is 4.42 Å². The van der Waals surface area contributed by atoms with Gasteiger partial charge >= 0.3 is 0 Å². The van der Waals surface area contributed by atoms with Gasteiger partial charge in [0, 0.05) is 12.0 Å². The molecule has 2 heterocycles. The number of carbonyl (C=O) groups is 1. The standard InChI is InChI=1S/C17H19N3O3/c1-5-14-19-15-10(4)11(6-7-13(15)23-14)16(21)12-8-18-20(9(2)3)17(12)22/h6-9,22H,5H2,1-4H3. The zero-order chi connectivity index (χ0) is 16.7. The van der Waals surface area contributed by atoms with E-state index < -0.39 is 0 Å². The number of aromatic hydroxyl groups is 1. The topological polar surface area (TPSA) is 81.2 Å². The minimum absolute atomic E-state index is 0.0252. The minimum Gasteiger partial charge on any atom is -0.493 e. The van der Waals surface area contributed by atoms with Crippen LogP contribution in [-0.4, -0.2) is 25.7 Å². The largest absolute Gasteiger partial charge is 0.493 e. The molecule has 0 aliphatic rings. The monoisotopic (exact) mass is 313 g/mol. The van der Waals surface area contributed by atoms with Crippen molar-refractivity contribution in [2.75, 3.05) is 0 Å². The van der Waals surface area contributed by atoms with E-state index in [-0.39, 0.29) is 23.3 Å². The summed E-state index contributed by atoms with van der Waals surface area (Å²) in [6, 6.07) is 3.42. The molecule has 6 heteroatoms. The van der Waals surface area contributed by atoms with E-state index in [0.29, 0.717) is 29.0 Å². The number of ketones is 1. The van der Waals surface area contributed by atoms with Gasteiger partial charge in [-0.1, -0.05) is 6.92 Å². The first kappa shape index (κ1) is 15.3. The van der Waals surface area contributed by atoms with Gasteiger partial charge < -0.3 is 9.52 Å². The first-order valence-electron chi connectivity index (χ1n) is 7.64. The molecule has 0 aliphatic carbocycles. The number of hydrogen-bond acceptors (Lipinski definition) is 5. The van der Waals surface area contributed by atoms with E-state index in [1.807, 2.05) is 27.7 Å². The summed E-state index contributed by atoms with van der Waals surface area (Å²) in [5.41, 5.74) is 2.78. The third kappa shape index (κ3) is 2.40. The normalized spacial score (nSPS) is 11.5. The summed E-state index contributed by atoms with van der Waals surface area (Å²) in [6.07, 6.45) is 2.10. The highest BCUT2D eigenvalue weighted by Gasteiger charge is 2.22. The fourth-order valence-electron chi connectivity index (χ4n) is 2.61. The van der Waals surface area contributed by atoms with Crippen LogP contribution in [0, 0.1) is 6.92 Å². The lowest BCUT2D eigenvalue weighted by atomic mass is 10.00. The number of carbonyl (C=O) groups excluding carboxylic acids is 1. The molecular weight excluding hydrogens is 294 g/mol. The Bertz CT molecular complexity index is 890. The molecule has 2 aromatic heterocycles. The molecule has 23 heavy (non-hydrogen) atoms. The molecule has 1 N–H and O–H groups in total. The zero-order valence-electron chi connectivity index (χ0n) is 13.6. The molecule has 0 amide bonds. The quantitative estimate of drug-likeness (QED) is 0.746. The van der Waals surface area contributed by atoms with E-state index in [1.54, 1.807) is 12.1 Å². The van der Waals surface area contributed by atoms with Crippen LogP contribution in [0.5, 0.6) is 5.88 Å². The number of aromatic nitrogens is 3. The van der Waals surface area contributed by atoms with Crippen molar-refractivity contribution in [3.8, 4) is 5.88 Å². The van der Waals surface area contributed by atoms with Crippen LogP contribution in [0.1, 0.15) is 54.2 Å². The highest BCUT2D eigenvalue weighted by Crippen LogP contribution is 2.28. The molecule has 0 atom stereocenters. The van der Waals surface area contributed by atoms with Crippen molar-refractivity contribution in [1.29, 1.82) is 0 Å². The van der Waals surface area contributed by atoms with Crippen LogP contribution in [0.15, 0.2) is 22.7 Å². The number of nitrogens with zero attached hydrogens (tertiary/aromatic N) is 3. The summed E-state index contributed by atoms with van der Waals surface area (Å²) in [5.74, 6) is 0.261. The fourth-order valence-corrected chi connectivity index (χ4v) is 2.61. The van der Waals surface area contributed by atoms with Crippen molar-refractivity contribution < 1.29 is 14.3 Å². The summed E-state index contributed by atoms with van der Waals surface area (Å²) in [6.45, 7) is 7.58. The second-order valence-electron chi connectivity index (χ2n) is 5.80. The molecule has 0 aliphatic heterocycles. The van der Waals surface area contributed by atoms with Crippen LogP contribution in [0.3, 0.4) is 0 Å². The van der Waals surface area contributed by atoms with Gasteiger partial charge in [0.2, 0.25) is 5.88 Å². The molecule has 0 spiro atoms. The predicted octanol–water partition coefficient (Wildman–Crippen LogP) is 3.41. The average Bonchev–Trinajstić information content (AvgIpc) is 3.10. The molecule has 0 saturated heterocycles. The molecule has 6 nitrogen and oxygen atoms in total. The van der Waals surface area contributed by atoms with Crippen LogP contribution >= 0.6 is 0 Å². The third-order valence-electron chi connectivity index (χ3n) is 3.91. The maximum absolute atomic E-state index is 12.8. The molecule has 120 valence electrons. The second-order valence-corrected chi connectivity index (χ2v) is 5.80. The Morgan fingerprint density at radius 1 is 1.35 bits per heavy atom. The number of oxazole rings is 1. The van der Waals surface area contributed by atoms with Crippen molar-refractivity contribution in [3.63, 3.8) is 0 Å². The van der Waals surface area contributed by atoms with Crippen molar-refractivity contribution >= 4 is 16.9 Å². The summed E-state index contributed by atoms with van der Waals surface area (Å²) < 4.78 is 7.03. The summed E-state index contributed by atoms with van der Waals surface area (Å²) in [7, 11) is 0. The number of benzene rings is 1. The summed E-state index contributed by atoms with van der Waals surface area (Å²) in [5, 5.41) is 14.3. The number of rotatable bonds is 4. The molecule has 1 aromatic carbocycles. The Morgan fingerprint density at radius 2 is 2.09 bits per heavy atom. The van der Waals surface area contributed by atoms with E-state index in [2.05, 4.69) is 10.1 Å². The van der Waals surface area contributed by atoms with Crippen LogP contribution < -0.4 is 0 Å². The lowest BCUT2D eigenvalue weighted by Crippen LogP contribution is -2.05. The van der Waals surface area contributed by atoms with E-state index in [1.165, 1.54) is 10.9 Å². The van der Waals surface area contributed by atoms with Gasteiger partial charge in [-0.3, -0.25) is 4.79 Å². The van der Waals surface area contributed by atoms with Gasteiger partial charge in [-0.25, -0.2) is 9.67 Å². The number of aryl methyl sites for hydroxylation is 2. The Labute approximate surface area is 133 Å². The molecule has 0 fully saturated rings. The van der Waals surface area contributed by atoms with Gasteiger partial charge in [-0.2, -0.15) is 5.10 Å². The minimum atomic E-state index is -0.269. The van der Waals surface area contributed by atoms with Crippen LogP contribution in [0.2, 0.25) is 0 Å². The van der Waals surface area contributed by atoms with E-state index in [9.17, 15) is 9.90 Å². The van der Waals surface area contributed by atoms with Gasteiger partial charge in [-0.05, 0) is 38.5 Å². The number of fused-ring (bicyclic) bond motifs is 1. The zero-order valence-corrected chi connectivity index (χ0v) is 13.6. The molecule has 0 radical (unpaired) electrons. The SMILES string of the molecule is CCc1nc2c(C)c(C(=O)c3cnn(C(C)C)c3O)ccc2o1. The first-order valence-corrected chi connectivity index (χ1v) is 7.64. The van der Waals surface area contributed by atoms with Gasteiger partial charge in [0.15, 0.2) is 17.3 Å². The van der Waals surface area contributed by atoms with Crippen molar-refractivity contribution in [1.82, 2.24) is 14.8 Å². The summed E-state index contributed by atoms with van der Waals surface area (Å²) in [4.78, 5) is 17.2. The van der Waals surface area contributed by atoms with Crippen molar-refractivity contribution in [2.45, 2.75) is 40.2 Å². The molecular formula is C17H19N3O3. The maximum Gasteiger partial charge on any atom is 0.221 e. The molecule has 3 rings (SSSR count). The fraction of sp³-hybridized carbons (Fsp3) is 0.353. The molecule has 3 aromatic rings. The smallest absolute Gasteiger partial charge is 0.221 e.